The monoisotopic (exact) mass is 501 g/mol. The maximum absolute atomic E-state index is 13.1. The Labute approximate surface area is 216 Å². The number of piperidine rings is 1. The highest BCUT2D eigenvalue weighted by molar-refractivity contribution is 5.77. The first kappa shape index (κ1) is 26.0. The molecule has 1 saturated heterocycles. The van der Waals surface area contributed by atoms with Crippen molar-refractivity contribution in [3.8, 4) is 6.07 Å². The molecule has 2 heterocycles. The molecule has 1 aliphatic rings. The van der Waals surface area contributed by atoms with Crippen LogP contribution in [0.1, 0.15) is 48.0 Å². The molecule has 4 rings (SSSR count). The number of nitro groups is 1. The minimum Gasteiger partial charge on any atom is -0.466 e. The fraction of sp³-hybridized carbons (Fsp3) is 0.393. The van der Waals surface area contributed by atoms with Crippen molar-refractivity contribution in [2.75, 3.05) is 19.7 Å². The van der Waals surface area contributed by atoms with E-state index in [-0.39, 0.29) is 11.7 Å². The van der Waals surface area contributed by atoms with Crippen LogP contribution in [0.2, 0.25) is 0 Å². The molecule has 0 saturated carbocycles. The van der Waals surface area contributed by atoms with Crippen LogP contribution in [-0.4, -0.2) is 45.0 Å². The zero-order valence-electron chi connectivity index (χ0n) is 21.2. The van der Waals surface area contributed by atoms with Gasteiger partial charge in [0.25, 0.3) is 5.69 Å². The highest BCUT2D eigenvalue weighted by Gasteiger charge is 2.43. The van der Waals surface area contributed by atoms with Gasteiger partial charge in [0.05, 0.1) is 34.3 Å². The maximum atomic E-state index is 13.1. The highest BCUT2D eigenvalue weighted by Crippen LogP contribution is 2.37. The summed E-state index contributed by atoms with van der Waals surface area (Å²) >= 11 is 0. The van der Waals surface area contributed by atoms with Crippen molar-refractivity contribution in [3.63, 3.8) is 0 Å². The maximum Gasteiger partial charge on any atom is 0.312 e. The van der Waals surface area contributed by atoms with E-state index in [0.29, 0.717) is 57.6 Å². The molecular formula is C28H31N5O4. The van der Waals surface area contributed by atoms with E-state index in [1.54, 1.807) is 19.1 Å². The molecule has 0 bridgehead atoms. The first-order chi connectivity index (χ1) is 17.8. The summed E-state index contributed by atoms with van der Waals surface area (Å²) in [6, 6.07) is 16.2. The predicted octanol–water partition coefficient (Wildman–Crippen LogP) is 4.41. The molecule has 192 valence electrons. The summed E-state index contributed by atoms with van der Waals surface area (Å²) in [4.78, 5) is 30.8. The number of ether oxygens (including phenoxy) is 1. The van der Waals surface area contributed by atoms with Crippen LogP contribution in [0.5, 0.6) is 0 Å². The van der Waals surface area contributed by atoms with Crippen molar-refractivity contribution in [3.05, 3.63) is 93.1 Å². The van der Waals surface area contributed by atoms with Crippen LogP contribution in [0.4, 0.5) is 5.69 Å². The predicted molar refractivity (Wildman–Crippen MR) is 138 cm³/mol. The molecule has 0 atom stereocenters. The van der Waals surface area contributed by atoms with E-state index < -0.39 is 10.3 Å². The summed E-state index contributed by atoms with van der Waals surface area (Å²) < 4.78 is 7.65. The van der Waals surface area contributed by atoms with Gasteiger partial charge in [-0.05, 0) is 69.5 Å². The number of hydrogen-bond acceptors (Lipinski definition) is 7. The van der Waals surface area contributed by atoms with E-state index in [0.717, 1.165) is 22.6 Å². The smallest absolute Gasteiger partial charge is 0.312 e. The number of nitrogens with zero attached hydrogens (tertiary/aromatic N) is 5. The second-order valence-electron chi connectivity index (χ2n) is 9.57. The van der Waals surface area contributed by atoms with Gasteiger partial charge in [-0.1, -0.05) is 24.3 Å². The first-order valence-corrected chi connectivity index (χ1v) is 12.5. The number of esters is 1. The van der Waals surface area contributed by atoms with E-state index in [1.165, 1.54) is 6.07 Å². The third kappa shape index (κ3) is 6.04. The van der Waals surface area contributed by atoms with Gasteiger partial charge in [0, 0.05) is 31.4 Å². The Morgan fingerprint density at radius 1 is 1.16 bits per heavy atom. The van der Waals surface area contributed by atoms with Crippen molar-refractivity contribution in [2.24, 2.45) is 5.41 Å². The molecule has 0 spiro atoms. The number of aromatic nitrogens is 2. The number of carbonyl (C=O) groups is 1. The number of hydrogen-bond donors (Lipinski definition) is 0. The molecule has 1 aliphatic heterocycles. The van der Waals surface area contributed by atoms with E-state index in [2.05, 4.69) is 20.5 Å². The molecule has 0 N–H and O–H groups in total. The molecule has 0 aliphatic carbocycles. The summed E-state index contributed by atoms with van der Waals surface area (Å²) in [5.74, 6) is 0.686. The van der Waals surface area contributed by atoms with E-state index in [4.69, 9.17) is 10.00 Å². The average Bonchev–Trinajstić information content (AvgIpc) is 3.24. The lowest BCUT2D eigenvalue weighted by Crippen LogP contribution is -2.46. The number of nitro benzene ring substituents is 1. The molecule has 0 radical (unpaired) electrons. The third-order valence-electron chi connectivity index (χ3n) is 7.13. The van der Waals surface area contributed by atoms with Crippen LogP contribution in [0.3, 0.4) is 0 Å². The Kier molecular flexibility index (Phi) is 7.99. The SMILES string of the molecule is CCOC(=O)C1(Cc2cccc([N+](=O)[O-])c2)CCN(Cc2cnc(C)n2Cc2ccc(C#N)cc2)CC1. The lowest BCUT2D eigenvalue weighted by atomic mass is 9.73. The normalized spacial score (nSPS) is 15.2. The van der Waals surface area contributed by atoms with E-state index >= 15 is 0 Å². The molecule has 3 aromatic rings. The van der Waals surface area contributed by atoms with Crippen LogP contribution < -0.4 is 0 Å². The van der Waals surface area contributed by atoms with Crippen LogP contribution in [-0.2, 0) is 29.0 Å². The fourth-order valence-corrected chi connectivity index (χ4v) is 5.00. The van der Waals surface area contributed by atoms with Gasteiger partial charge in [-0.2, -0.15) is 5.26 Å². The van der Waals surface area contributed by atoms with Crippen LogP contribution in [0, 0.1) is 33.8 Å². The Bertz CT molecular complexity index is 1300. The van der Waals surface area contributed by atoms with Crippen LogP contribution in [0.25, 0.3) is 0 Å². The Morgan fingerprint density at radius 2 is 1.89 bits per heavy atom. The lowest BCUT2D eigenvalue weighted by Gasteiger charge is -2.40. The number of benzene rings is 2. The van der Waals surface area contributed by atoms with Gasteiger partial charge in [0.15, 0.2) is 0 Å². The van der Waals surface area contributed by atoms with Gasteiger partial charge in [0.1, 0.15) is 5.82 Å². The fourth-order valence-electron chi connectivity index (χ4n) is 5.00. The minimum atomic E-state index is -0.708. The number of imidazole rings is 1. The van der Waals surface area contributed by atoms with Crippen molar-refractivity contribution in [2.45, 2.75) is 46.2 Å². The van der Waals surface area contributed by atoms with Gasteiger partial charge < -0.3 is 9.30 Å². The molecule has 9 nitrogen and oxygen atoms in total. The Morgan fingerprint density at radius 3 is 2.54 bits per heavy atom. The summed E-state index contributed by atoms with van der Waals surface area (Å²) in [6.45, 7) is 6.85. The topological polar surface area (TPSA) is 114 Å². The van der Waals surface area contributed by atoms with Crippen molar-refractivity contribution >= 4 is 11.7 Å². The zero-order valence-corrected chi connectivity index (χ0v) is 21.2. The third-order valence-corrected chi connectivity index (χ3v) is 7.13. The van der Waals surface area contributed by atoms with Crippen LogP contribution in [0.15, 0.2) is 54.7 Å². The van der Waals surface area contributed by atoms with E-state index in [1.807, 2.05) is 43.5 Å². The van der Waals surface area contributed by atoms with Gasteiger partial charge in [-0.3, -0.25) is 19.8 Å². The molecule has 0 amide bonds. The molecular weight excluding hydrogens is 470 g/mol. The average molecular weight is 502 g/mol. The van der Waals surface area contributed by atoms with Gasteiger partial charge >= 0.3 is 5.97 Å². The number of rotatable bonds is 9. The molecule has 1 aromatic heterocycles. The molecule has 37 heavy (non-hydrogen) atoms. The first-order valence-electron chi connectivity index (χ1n) is 12.5. The second kappa shape index (κ2) is 11.4. The van der Waals surface area contributed by atoms with Crippen molar-refractivity contribution < 1.29 is 14.5 Å². The highest BCUT2D eigenvalue weighted by atomic mass is 16.6. The minimum absolute atomic E-state index is 0.0276. The Balaban J connectivity index is 1.47. The summed E-state index contributed by atoms with van der Waals surface area (Å²) in [5, 5.41) is 20.3. The largest absolute Gasteiger partial charge is 0.466 e. The van der Waals surface area contributed by atoms with Gasteiger partial charge in [-0.15, -0.1) is 0 Å². The quantitative estimate of drug-likeness (QED) is 0.242. The summed E-state index contributed by atoms with van der Waals surface area (Å²) in [6.07, 6.45) is 3.53. The second-order valence-corrected chi connectivity index (χ2v) is 9.57. The van der Waals surface area contributed by atoms with Crippen LogP contribution >= 0.6 is 0 Å². The standard InChI is InChI=1S/C28H31N5O4/c1-3-37-27(34)28(16-24-5-4-6-25(15-24)33(35)36)11-13-31(14-12-28)20-26-18-30-21(2)32(26)19-23-9-7-22(17-29)8-10-23/h4-10,15,18H,3,11-14,16,19-20H2,1-2H3. The van der Waals surface area contributed by atoms with Crippen molar-refractivity contribution in [1.82, 2.24) is 14.5 Å². The van der Waals surface area contributed by atoms with E-state index in [9.17, 15) is 14.9 Å². The molecule has 1 fully saturated rings. The molecule has 9 heteroatoms. The number of nitriles is 1. The number of carbonyl (C=O) groups excluding carboxylic acids is 1. The lowest BCUT2D eigenvalue weighted by molar-refractivity contribution is -0.384. The number of aryl methyl sites for hydroxylation is 1. The van der Waals surface area contributed by atoms with Gasteiger partial charge in [-0.25, -0.2) is 4.98 Å². The molecule has 2 aromatic carbocycles. The summed E-state index contributed by atoms with van der Waals surface area (Å²) in [7, 11) is 0. The zero-order chi connectivity index (χ0) is 26.4. The van der Waals surface area contributed by atoms with Gasteiger partial charge in [0.2, 0.25) is 0 Å². The summed E-state index contributed by atoms with van der Waals surface area (Å²) in [5.41, 5.74) is 2.91. The number of non-ortho nitro benzene ring substituents is 1. The molecule has 0 unspecified atom stereocenters. The number of likely N-dealkylation sites (tertiary alicyclic amines) is 1. The van der Waals surface area contributed by atoms with Crippen molar-refractivity contribution in [1.29, 1.82) is 5.26 Å². The Hall–Kier alpha value is -4.03.